The molecule has 3 heteroatoms. The lowest BCUT2D eigenvalue weighted by atomic mass is 10.3. The zero-order valence-electron chi connectivity index (χ0n) is 5.39. The average molecular weight is 115 g/mol. The molecule has 1 atom stereocenters. The Morgan fingerprint density at radius 2 is 2.12 bits per heavy atom. The van der Waals surface area contributed by atoms with Gasteiger partial charge in [0.25, 0.3) is 0 Å². The molecule has 0 heterocycles. The van der Waals surface area contributed by atoms with Crippen molar-refractivity contribution in [1.82, 2.24) is 0 Å². The second-order valence-corrected chi connectivity index (χ2v) is 1.81. The van der Waals surface area contributed by atoms with E-state index in [2.05, 4.69) is 4.99 Å². The summed E-state index contributed by atoms with van der Waals surface area (Å²) in [6.07, 6.45) is 0.984. The highest BCUT2D eigenvalue weighted by molar-refractivity contribution is 5.75. The van der Waals surface area contributed by atoms with Crippen LogP contribution >= 0.6 is 0 Å². The highest BCUT2D eigenvalue weighted by atomic mass is 15.0. The largest absolute Gasteiger partial charge is 0.370 e. The van der Waals surface area contributed by atoms with Gasteiger partial charge in [-0.1, -0.05) is 6.92 Å². The molecule has 0 rings (SSSR count). The summed E-state index contributed by atoms with van der Waals surface area (Å²) in [6.45, 7) is 4.01. The highest BCUT2D eigenvalue weighted by Crippen LogP contribution is 1.91. The number of aliphatic imine (C=N–C) groups is 1. The maximum absolute atomic E-state index is 5.10. The van der Waals surface area contributed by atoms with E-state index >= 15 is 0 Å². The minimum Gasteiger partial charge on any atom is -0.370 e. The molecule has 0 aliphatic carbocycles. The van der Waals surface area contributed by atoms with Crippen LogP contribution in [-0.2, 0) is 0 Å². The van der Waals surface area contributed by atoms with Gasteiger partial charge in [0.2, 0.25) is 0 Å². The third kappa shape index (κ3) is 3.46. The van der Waals surface area contributed by atoms with E-state index in [9.17, 15) is 0 Å². The molecule has 0 spiro atoms. The highest BCUT2D eigenvalue weighted by Gasteiger charge is 1.91. The van der Waals surface area contributed by atoms with Gasteiger partial charge in [-0.15, -0.1) is 0 Å². The lowest BCUT2D eigenvalue weighted by molar-refractivity contribution is 0.715. The van der Waals surface area contributed by atoms with Gasteiger partial charge < -0.3 is 11.5 Å². The Morgan fingerprint density at radius 1 is 1.62 bits per heavy atom. The van der Waals surface area contributed by atoms with Crippen LogP contribution in [0.15, 0.2) is 4.99 Å². The molecule has 0 saturated heterocycles. The maximum atomic E-state index is 5.10. The van der Waals surface area contributed by atoms with Gasteiger partial charge >= 0.3 is 0 Å². The number of guanidine groups is 1. The molecule has 3 nitrogen and oxygen atoms in total. The van der Waals surface area contributed by atoms with E-state index in [0.717, 1.165) is 6.42 Å². The summed E-state index contributed by atoms with van der Waals surface area (Å²) in [5.41, 5.74) is 10.2. The summed E-state index contributed by atoms with van der Waals surface area (Å²) < 4.78 is 0. The van der Waals surface area contributed by atoms with E-state index in [4.69, 9.17) is 11.5 Å². The standard InChI is InChI=1S/C5H13N3/c1-3-4(2)8-5(6)7/h4H,3H2,1-2H3,(H4,6,7,8). The summed E-state index contributed by atoms with van der Waals surface area (Å²) >= 11 is 0. The van der Waals surface area contributed by atoms with Crippen molar-refractivity contribution in [2.75, 3.05) is 0 Å². The smallest absolute Gasteiger partial charge is 0.186 e. The van der Waals surface area contributed by atoms with Crippen molar-refractivity contribution in [3.63, 3.8) is 0 Å². The molecule has 0 amide bonds. The molecular formula is C5H13N3. The fourth-order valence-electron chi connectivity index (χ4n) is 0.346. The Hall–Kier alpha value is -0.730. The Labute approximate surface area is 49.8 Å². The summed E-state index contributed by atoms with van der Waals surface area (Å²) in [5, 5.41) is 0. The molecule has 0 aliphatic heterocycles. The SMILES string of the molecule is CCC(C)N=C(N)N. The third-order valence-electron chi connectivity index (χ3n) is 0.960. The van der Waals surface area contributed by atoms with Crippen molar-refractivity contribution in [1.29, 1.82) is 0 Å². The molecule has 0 aliphatic rings. The minimum atomic E-state index is 0.180. The van der Waals surface area contributed by atoms with Crippen LogP contribution in [0, 0.1) is 0 Å². The van der Waals surface area contributed by atoms with Gasteiger partial charge in [-0.05, 0) is 13.3 Å². The zero-order valence-corrected chi connectivity index (χ0v) is 5.39. The van der Waals surface area contributed by atoms with Crippen molar-refractivity contribution >= 4 is 5.96 Å². The quantitative estimate of drug-likeness (QED) is 0.395. The third-order valence-corrected chi connectivity index (χ3v) is 0.960. The van der Waals surface area contributed by atoms with E-state index in [0.29, 0.717) is 0 Å². The Kier molecular flexibility index (Phi) is 2.99. The molecular weight excluding hydrogens is 102 g/mol. The van der Waals surface area contributed by atoms with E-state index < -0.39 is 0 Å². The monoisotopic (exact) mass is 115 g/mol. The van der Waals surface area contributed by atoms with Crippen molar-refractivity contribution in [3.05, 3.63) is 0 Å². The molecule has 0 bridgehead atoms. The first kappa shape index (κ1) is 7.27. The lowest BCUT2D eigenvalue weighted by Crippen LogP contribution is -2.24. The zero-order chi connectivity index (χ0) is 6.57. The van der Waals surface area contributed by atoms with Gasteiger partial charge in [-0.3, -0.25) is 4.99 Å². The number of hydrogen-bond acceptors (Lipinski definition) is 1. The Morgan fingerprint density at radius 3 is 2.25 bits per heavy atom. The molecule has 0 aromatic rings. The van der Waals surface area contributed by atoms with Crippen LogP contribution in [0.1, 0.15) is 20.3 Å². The topological polar surface area (TPSA) is 64.4 Å². The predicted octanol–water partition coefficient (Wildman–Crippen LogP) is 0.0583. The molecule has 1 unspecified atom stereocenters. The van der Waals surface area contributed by atoms with Gasteiger partial charge in [-0.2, -0.15) is 0 Å². The molecule has 48 valence electrons. The second kappa shape index (κ2) is 3.29. The van der Waals surface area contributed by atoms with Crippen LogP contribution < -0.4 is 11.5 Å². The number of hydrogen-bond donors (Lipinski definition) is 2. The van der Waals surface area contributed by atoms with E-state index in [1.807, 2.05) is 13.8 Å². The van der Waals surface area contributed by atoms with E-state index in [1.165, 1.54) is 0 Å². The van der Waals surface area contributed by atoms with Crippen molar-refractivity contribution in [2.24, 2.45) is 16.5 Å². The summed E-state index contributed by atoms with van der Waals surface area (Å²) in [6, 6.07) is 0.264. The first-order chi connectivity index (χ1) is 3.66. The lowest BCUT2D eigenvalue weighted by Gasteiger charge is -1.99. The molecule has 0 saturated carbocycles. The summed E-state index contributed by atoms with van der Waals surface area (Å²) in [7, 11) is 0. The molecule has 8 heavy (non-hydrogen) atoms. The second-order valence-electron chi connectivity index (χ2n) is 1.81. The fraction of sp³-hybridized carbons (Fsp3) is 0.800. The maximum Gasteiger partial charge on any atom is 0.186 e. The average Bonchev–Trinajstić information content (AvgIpc) is 1.65. The van der Waals surface area contributed by atoms with Crippen LogP contribution in [0.5, 0.6) is 0 Å². The summed E-state index contributed by atoms with van der Waals surface area (Å²) in [4.78, 5) is 3.87. The van der Waals surface area contributed by atoms with E-state index in [1.54, 1.807) is 0 Å². The van der Waals surface area contributed by atoms with Crippen molar-refractivity contribution in [3.8, 4) is 0 Å². The molecule has 4 N–H and O–H groups in total. The van der Waals surface area contributed by atoms with Gasteiger partial charge in [0.05, 0.1) is 6.04 Å². The van der Waals surface area contributed by atoms with Crippen molar-refractivity contribution < 1.29 is 0 Å². The Balaban J connectivity index is 3.51. The normalized spacial score (nSPS) is 12.8. The van der Waals surface area contributed by atoms with Crippen LogP contribution in [0.25, 0.3) is 0 Å². The fourth-order valence-corrected chi connectivity index (χ4v) is 0.346. The van der Waals surface area contributed by atoms with E-state index in [-0.39, 0.29) is 12.0 Å². The van der Waals surface area contributed by atoms with Gasteiger partial charge in [0, 0.05) is 0 Å². The first-order valence-electron chi connectivity index (χ1n) is 2.75. The molecule has 0 radical (unpaired) electrons. The molecule has 0 aromatic heterocycles. The molecule has 0 fully saturated rings. The van der Waals surface area contributed by atoms with Crippen LogP contribution in [0.3, 0.4) is 0 Å². The van der Waals surface area contributed by atoms with Crippen molar-refractivity contribution in [2.45, 2.75) is 26.3 Å². The predicted molar refractivity (Wildman–Crippen MR) is 35.6 cm³/mol. The first-order valence-corrected chi connectivity index (χ1v) is 2.75. The number of nitrogens with two attached hydrogens (primary N) is 2. The van der Waals surface area contributed by atoms with Crippen LogP contribution in [0.4, 0.5) is 0 Å². The van der Waals surface area contributed by atoms with Crippen LogP contribution in [0.2, 0.25) is 0 Å². The summed E-state index contributed by atoms with van der Waals surface area (Å²) in [5.74, 6) is 0.180. The van der Waals surface area contributed by atoms with Gasteiger partial charge in [0.1, 0.15) is 0 Å². The molecule has 0 aromatic carbocycles. The van der Waals surface area contributed by atoms with Gasteiger partial charge in [-0.25, -0.2) is 0 Å². The number of nitrogens with zero attached hydrogens (tertiary/aromatic N) is 1. The Bertz CT molecular complexity index is 83.7. The van der Waals surface area contributed by atoms with Gasteiger partial charge in [0.15, 0.2) is 5.96 Å². The minimum absolute atomic E-state index is 0.180. The van der Waals surface area contributed by atoms with Crippen LogP contribution in [-0.4, -0.2) is 12.0 Å². The number of rotatable bonds is 2.